The fourth-order valence-electron chi connectivity index (χ4n) is 3.67. The summed E-state index contributed by atoms with van der Waals surface area (Å²) in [6.07, 6.45) is 2.61. The number of hydrogen-bond acceptors (Lipinski definition) is 5. The number of hydrogen-bond donors (Lipinski definition) is 1. The predicted octanol–water partition coefficient (Wildman–Crippen LogP) is 4.28. The first-order chi connectivity index (χ1) is 15.2. The Kier molecular flexibility index (Phi) is 7.79. The highest BCUT2D eigenvalue weighted by atomic mass is 32.2. The van der Waals surface area contributed by atoms with Crippen molar-refractivity contribution in [2.45, 2.75) is 58.0 Å². The topological polar surface area (TPSA) is 84.9 Å². The molecule has 0 radical (unpaired) electrons. The summed E-state index contributed by atoms with van der Waals surface area (Å²) in [6, 6.07) is 10.3. The van der Waals surface area contributed by atoms with Crippen LogP contribution in [-0.4, -0.2) is 44.4 Å². The molecule has 0 aromatic heterocycles. The van der Waals surface area contributed by atoms with Gasteiger partial charge in [-0.15, -0.1) is 0 Å². The molecule has 0 unspecified atom stereocenters. The van der Waals surface area contributed by atoms with Gasteiger partial charge in [-0.25, -0.2) is 8.42 Å². The van der Waals surface area contributed by atoms with Crippen LogP contribution in [0.1, 0.15) is 44.2 Å². The Hall–Kier alpha value is -2.58. The Balaban J connectivity index is 1.79. The number of carbonyl (C=O) groups excluding carboxylic acids is 1. The fourth-order valence-corrected chi connectivity index (χ4v) is 5.21. The Morgan fingerprint density at radius 2 is 1.72 bits per heavy atom. The number of nitrogens with zero attached hydrogens (tertiary/aromatic N) is 1. The van der Waals surface area contributed by atoms with E-state index < -0.39 is 15.9 Å². The van der Waals surface area contributed by atoms with Gasteiger partial charge in [-0.05, 0) is 70.4 Å². The van der Waals surface area contributed by atoms with Crippen LogP contribution in [-0.2, 0) is 14.8 Å². The minimum absolute atomic E-state index is 0.137. The van der Waals surface area contributed by atoms with Gasteiger partial charge >= 0.3 is 0 Å². The summed E-state index contributed by atoms with van der Waals surface area (Å²) in [5.74, 6) is 0.648. The first-order valence-corrected chi connectivity index (χ1v) is 12.4. The standard InChI is InChI=1S/C24H32N2O5S/c1-17(2)31-23-11-9-20(32(28,29)26-12-6-5-7-13-26)15-21(23)25-24(27)16-30-22-10-8-18(3)14-19(22)4/h8-11,14-15,17H,5-7,12-13,16H2,1-4H3,(H,25,27). The minimum atomic E-state index is -3.64. The molecule has 174 valence electrons. The van der Waals surface area contributed by atoms with Gasteiger partial charge in [0.05, 0.1) is 16.7 Å². The zero-order chi connectivity index (χ0) is 23.3. The average molecular weight is 461 g/mol. The van der Waals surface area contributed by atoms with E-state index in [-0.39, 0.29) is 17.6 Å². The molecule has 1 amide bonds. The van der Waals surface area contributed by atoms with Crippen molar-refractivity contribution in [1.82, 2.24) is 4.31 Å². The van der Waals surface area contributed by atoms with Gasteiger partial charge in [0.2, 0.25) is 10.0 Å². The van der Waals surface area contributed by atoms with Gasteiger partial charge in [-0.1, -0.05) is 24.1 Å². The van der Waals surface area contributed by atoms with Crippen LogP contribution in [0, 0.1) is 13.8 Å². The van der Waals surface area contributed by atoms with Gasteiger partial charge in [0.1, 0.15) is 11.5 Å². The Labute approximate surface area is 190 Å². The third kappa shape index (κ3) is 6.01. The van der Waals surface area contributed by atoms with Crippen molar-refractivity contribution in [2.75, 3.05) is 25.0 Å². The second-order valence-corrected chi connectivity index (χ2v) is 10.3. The van der Waals surface area contributed by atoms with Crippen LogP contribution in [0.15, 0.2) is 41.3 Å². The summed E-state index contributed by atoms with van der Waals surface area (Å²) >= 11 is 0. The van der Waals surface area contributed by atoms with Crippen LogP contribution in [0.4, 0.5) is 5.69 Å². The lowest BCUT2D eigenvalue weighted by Gasteiger charge is -2.26. The number of sulfonamides is 1. The van der Waals surface area contributed by atoms with Crippen molar-refractivity contribution in [1.29, 1.82) is 0 Å². The van der Waals surface area contributed by atoms with E-state index in [4.69, 9.17) is 9.47 Å². The van der Waals surface area contributed by atoms with Gasteiger partial charge in [-0.2, -0.15) is 4.31 Å². The molecule has 1 heterocycles. The van der Waals surface area contributed by atoms with Crippen molar-refractivity contribution >= 4 is 21.6 Å². The molecule has 0 bridgehead atoms. The van der Waals surface area contributed by atoms with E-state index >= 15 is 0 Å². The van der Waals surface area contributed by atoms with Crippen molar-refractivity contribution < 1.29 is 22.7 Å². The van der Waals surface area contributed by atoms with Crippen molar-refractivity contribution in [3.05, 3.63) is 47.5 Å². The van der Waals surface area contributed by atoms with E-state index in [1.54, 1.807) is 6.07 Å². The number of piperidine rings is 1. The van der Waals surface area contributed by atoms with Crippen LogP contribution in [0.25, 0.3) is 0 Å². The highest BCUT2D eigenvalue weighted by Crippen LogP contribution is 2.31. The zero-order valence-corrected chi connectivity index (χ0v) is 20.0. The van der Waals surface area contributed by atoms with Crippen LogP contribution >= 0.6 is 0 Å². The van der Waals surface area contributed by atoms with Gasteiger partial charge in [0, 0.05) is 13.1 Å². The van der Waals surface area contributed by atoms with Crippen LogP contribution in [0.5, 0.6) is 11.5 Å². The van der Waals surface area contributed by atoms with Crippen LogP contribution < -0.4 is 14.8 Å². The normalized spacial score (nSPS) is 14.9. The smallest absolute Gasteiger partial charge is 0.262 e. The number of benzene rings is 2. The predicted molar refractivity (Wildman–Crippen MR) is 125 cm³/mol. The Bertz CT molecular complexity index is 1060. The zero-order valence-electron chi connectivity index (χ0n) is 19.2. The van der Waals surface area contributed by atoms with E-state index in [1.165, 1.54) is 16.4 Å². The molecule has 1 fully saturated rings. The number of carbonyl (C=O) groups is 1. The molecule has 1 aliphatic rings. The third-order valence-corrected chi connectivity index (χ3v) is 7.12. The van der Waals surface area contributed by atoms with Gasteiger partial charge in [-0.3, -0.25) is 4.79 Å². The molecule has 1 N–H and O–H groups in total. The molecule has 0 atom stereocenters. The molecule has 7 nitrogen and oxygen atoms in total. The quantitative estimate of drug-likeness (QED) is 0.635. The molecule has 1 aliphatic heterocycles. The molecular formula is C24H32N2O5S. The second kappa shape index (κ2) is 10.4. The molecule has 3 rings (SSSR count). The van der Waals surface area contributed by atoms with E-state index in [9.17, 15) is 13.2 Å². The second-order valence-electron chi connectivity index (χ2n) is 8.40. The molecule has 0 aliphatic carbocycles. The molecule has 0 spiro atoms. The maximum Gasteiger partial charge on any atom is 0.262 e. The Morgan fingerprint density at radius 3 is 2.38 bits per heavy atom. The molecule has 32 heavy (non-hydrogen) atoms. The lowest BCUT2D eigenvalue weighted by molar-refractivity contribution is -0.118. The van der Waals surface area contributed by atoms with E-state index in [0.717, 1.165) is 30.4 Å². The summed E-state index contributed by atoms with van der Waals surface area (Å²) in [7, 11) is -3.64. The van der Waals surface area contributed by atoms with E-state index in [0.29, 0.717) is 30.3 Å². The first kappa shape index (κ1) is 24.1. The minimum Gasteiger partial charge on any atom is -0.489 e. The van der Waals surface area contributed by atoms with Gasteiger partial charge in [0.15, 0.2) is 6.61 Å². The average Bonchev–Trinajstić information content (AvgIpc) is 2.74. The molecule has 0 saturated carbocycles. The number of amides is 1. The first-order valence-electron chi connectivity index (χ1n) is 11.0. The number of aryl methyl sites for hydroxylation is 2. The molecule has 8 heteroatoms. The summed E-state index contributed by atoms with van der Waals surface area (Å²) < 4.78 is 39.1. The van der Waals surface area contributed by atoms with Crippen LogP contribution in [0.2, 0.25) is 0 Å². The maximum atomic E-state index is 13.1. The van der Waals surface area contributed by atoms with Crippen molar-refractivity contribution in [2.24, 2.45) is 0 Å². The SMILES string of the molecule is Cc1ccc(OCC(=O)Nc2cc(S(=O)(=O)N3CCCCC3)ccc2OC(C)C)c(C)c1. The summed E-state index contributed by atoms with van der Waals surface area (Å²) in [4.78, 5) is 12.8. The lowest BCUT2D eigenvalue weighted by Crippen LogP contribution is -2.35. The molecule has 2 aromatic rings. The Morgan fingerprint density at radius 1 is 1.03 bits per heavy atom. The summed E-state index contributed by atoms with van der Waals surface area (Å²) in [6.45, 7) is 8.47. The highest BCUT2D eigenvalue weighted by molar-refractivity contribution is 7.89. The van der Waals surface area contributed by atoms with Crippen LogP contribution in [0.3, 0.4) is 0 Å². The highest BCUT2D eigenvalue weighted by Gasteiger charge is 2.27. The monoisotopic (exact) mass is 460 g/mol. The number of nitrogens with one attached hydrogen (secondary N) is 1. The fraction of sp³-hybridized carbons (Fsp3) is 0.458. The third-order valence-electron chi connectivity index (χ3n) is 5.23. The van der Waals surface area contributed by atoms with Crippen molar-refractivity contribution in [3.8, 4) is 11.5 Å². The van der Waals surface area contributed by atoms with Crippen molar-refractivity contribution in [3.63, 3.8) is 0 Å². The molecular weight excluding hydrogens is 428 g/mol. The van der Waals surface area contributed by atoms with Gasteiger partial charge in [0.25, 0.3) is 5.91 Å². The lowest BCUT2D eigenvalue weighted by atomic mass is 10.1. The maximum absolute atomic E-state index is 13.1. The summed E-state index contributed by atoms with van der Waals surface area (Å²) in [5, 5.41) is 2.76. The summed E-state index contributed by atoms with van der Waals surface area (Å²) in [5.41, 5.74) is 2.36. The number of anilines is 1. The van der Waals surface area contributed by atoms with E-state index in [1.807, 2.05) is 45.9 Å². The molecule has 1 saturated heterocycles. The molecule has 2 aromatic carbocycles. The number of rotatable bonds is 8. The largest absolute Gasteiger partial charge is 0.489 e. The van der Waals surface area contributed by atoms with E-state index in [2.05, 4.69) is 5.32 Å². The number of ether oxygens (including phenoxy) is 2. The van der Waals surface area contributed by atoms with Gasteiger partial charge < -0.3 is 14.8 Å².